The third-order valence-electron chi connectivity index (χ3n) is 5.50. The van der Waals surface area contributed by atoms with Crippen molar-refractivity contribution in [2.24, 2.45) is 0 Å². The minimum absolute atomic E-state index is 0.957. The normalized spacial score (nSPS) is 11.9. The summed E-state index contributed by atoms with van der Waals surface area (Å²) < 4.78 is 0. The van der Waals surface area contributed by atoms with E-state index in [1.54, 1.807) is 0 Å². The van der Waals surface area contributed by atoms with Gasteiger partial charge in [0.25, 0.3) is 0 Å². The van der Waals surface area contributed by atoms with E-state index in [-0.39, 0.29) is 0 Å². The van der Waals surface area contributed by atoms with Crippen LogP contribution in [0.4, 0.5) is 0 Å². The lowest BCUT2D eigenvalue weighted by atomic mass is 9.91. The van der Waals surface area contributed by atoms with E-state index in [2.05, 4.69) is 83.1 Å². The lowest BCUT2D eigenvalue weighted by Gasteiger charge is -2.24. The van der Waals surface area contributed by atoms with Crippen LogP contribution in [0, 0.1) is 0 Å². The highest BCUT2D eigenvalue weighted by Crippen LogP contribution is 2.34. The first-order valence-electron chi connectivity index (χ1n) is 10.2. The fourth-order valence-electron chi connectivity index (χ4n) is 3.95. The van der Waals surface area contributed by atoms with Crippen LogP contribution in [-0.4, -0.2) is 64.2 Å². The Balaban J connectivity index is 2.10. The van der Waals surface area contributed by atoms with E-state index in [4.69, 9.17) is 0 Å². The number of hydrogen-bond donors (Lipinski definition) is 2. The molecule has 3 rings (SSSR count). The second-order valence-electron chi connectivity index (χ2n) is 7.73. The molecule has 2 N–H and O–H groups in total. The van der Waals surface area contributed by atoms with Gasteiger partial charge in [-0.2, -0.15) is 0 Å². The van der Waals surface area contributed by atoms with Gasteiger partial charge in [0.1, 0.15) is 0 Å². The van der Waals surface area contributed by atoms with Gasteiger partial charge < -0.3 is 20.4 Å². The van der Waals surface area contributed by atoms with Crippen molar-refractivity contribution in [2.75, 3.05) is 54.4 Å². The monoisotopic (exact) mass is 378 g/mol. The van der Waals surface area contributed by atoms with Crippen LogP contribution in [0.25, 0.3) is 21.5 Å². The van der Waals surface area contributed by atoms with Gasteiger partial charge in [0, 0.05) is 39.3 Å². The summed E-state index contributed by atoms with van der Waals surface area (Å²) in [5.74, 6) is 0. The smallest absolute Gasteiger partial charge is 0.0243 e. The predicted octanol–water partition coefficient (Wildman–Crippen LogP) is 3.30. The summed E-state index contributed by atoms with van der Waals surface area (Å²) in [6, 6.07) is 17.8. The van der Waals surface area contributed by atoms with Crippen molar-refractivity contribution in [2.45, 2.75) is 13.1 Å². The molecule has 0 bridgehead atoms. The SMILES string of the molecule is CNCCN(C)Cc1c2ccccc2c(CN(C)CCNC)c2ccccc12. The van der Waals surface area contributed by atoms with E-state index < -0.39 is 0 Å². The van der Waals surface area contributed by atoms with Gasteiger partial charge in [0.05, 0.1) is 0 Å². The van der Waals surface area contributed by atoms with Crippen LogP contribution in [0.15, 0.2) is 48.5 Å². The molecule has 4 heteroatoms. The Labute approximate surface area is 169 Å². The van der Waals surface area contributed by atoms with Crippen molar-refractivity contribution < 1.29 is 0 Å². The molecule has 150 valence electrons. The lowest BCUT2D eigenvalue weighted by molar-refractivity contribution is 0.329. The first-order valence-corrected chi connectivity index (χ1v) is 10.2. The third kappa shape index (κ3) is 4.70. The molecule has 3 aromatic rings. The summed E-state index contributed by atoms with van der Waals surface area (Å²) >= 11 is 0. The maximum absolute atomic E-state index is 3.25. The van der Waals surface area contributed by atoms with Gasteiger partial charge in [-0.15, -0.1) is 0 Å². The van der Waals surface area contributed by atoms with Gasteiger partial charge in [-0.1, -0.05) is 48.5 Å². The van der Waals surface area contributed by atoms with Crippen LogP contribution in [0.3, 0.4) is 0 Å². The zero-order chi connectivity index (χ0) is 19.9. The predicted molar refractivity (Wildman–Crippen MR) is 122 cm³/mol. The van der Waals surface area contributed by atoms with Crippen molar-refractivity contribution in [3.05, 3.63) is 59.7 Å². The molecule has 0 aliphatic rings. The number of likely N-dealkylation sites (N-methyl/N-ethyl adjacent to an activating group) is 4. The highest BCUT2D eigenvalue weighted by molar-refractivity contribution is 6.05. The molecule has 0 amide bonds. The maximum atomic E-state index is 3.25. The Morgan fingerprint density at radius 3 is 1.21 bits per heavy atom. The number of nitrogens with one attached hydrogen (secondary N) is 2. The van der Waals surface area contributed by atoms with E-state index in [1.165, 1.54) is 32.7 Å². The molecule has 0 fully saturated rings. The first kappa shape index (κ1) is 20.7. The summed E-state index contributed by atoms with van der Waals surface area (Å²) in [7, 11) is 8.44. The average Bonchev–Trinajstić information content (AvgIpc) is 2.73. The van der Waals surface area contributed by atoms with Crippen molar-refractivity contribution in [3.63, 3.8) is 0 Å². The minimum atomic E-state index is 0.957. The second-order valence-corrected chi connectivity index (χ2v) is 7.73. The summed E-state index contributed by atoms with van der Waals surface area (Å²) in [6.45, 7) is 5.99. The summed E-state index contributed by atoms with van der Waals surface area (Å²) in [6.07, 6.45) is 0. The van der Waals surface area contributed by atoms with E-state index >= 15 is 0 Å². The van der Waals surface area contributed by atoms with E-state index in [1.807, 2.05) is 14.1 Å². The van der Waals surface area contributed by atoms with Crippen molar-refractivity contribution in [3.8, 4) is 0 Å². The van der Waals surface area contributed by atoms with E-state index in [9.17, 15) is 0 Å². The van der Waals surface area contributed by atoms with Crippen LogP contribution < -0.4 is 10.6 Å². The van der Waals surface area contributed by atoms with Gasteiger partial charge in [0.15, 0.2) is 0 Å². The molecule has 0 saturated carbocycles. The Hall–Kier alpha value is -1.98. The highest BCUT2D eigenvalue weighted by atomic mass is 15.1. The van der Waals surface area contributed by atoms with Crippen molar-refractivity contribution in [1.29, 1.82) is 0 Å². The summed E-state index contributed by atoms with van der Waals surface area (Å²) in [5.41, 5.74) is 2.87. The maximum Gasteiger partial charge on any atom is 0.0243 e. The number of nitrogens with zero attached hydrogens (tertiary/aromatic N) is 2. The summed E-state index contributed by atoms with van der Waals surface area (Å²) in [4.78, 5) is 4.81. The molecule has 0 heterocycles. The van der Waals surface area contributed by atoms with Crippen LogP contribution in [0.2, 0.25) is 0 Å². The fourth-order valence-corrected chi connectivity index (χ4v) is 3.95. The largest absolute Gasteiger partial charge is 0.318 e. The third-order valence-corrected chi connectivity index (χ3v) is 5.50. The molecule has 4 nitrogen and oxygen atoms in total. The minimum Gasteiger partial charge on any atom is -0.318 e. The molecule has 0 aliphatic heterocycles. The Bertz CT molecular complexity index is 775. The molecule has 3 aromatic carbocycles. The zero-order valence-corrected chi connectivity index (χ0v) is 17.8. The number of benzene rings is 3. The molecule has 0 aliphatic carbocycles. The van der Waals surface area contributed by atoms with Crippen LogP contribution in [0.5, 0.6) is 0 Å². The Kier molecular flexibility index (Phi) is 7.40. The average molecular weight is 379 g/mol. The van der Waals surface area contributed by atoms with Crippen LogP contribution in [-0.2, 0) is 13.1 Å². The number of hydrogen-bond acceptors (Lipinski definition) is 4. The van der Waals surface area contributed by atoms with E-state index in [0.29, 0.717) is 0 Å². The zero-order valence-electron chi connectivity index (χ0n) is 17.8. The number of rotatable bonds is 10. The quantitative estimate of drug-likeness (QED) is 0.530. The topological polar surface area (TPSA) is 30.5 Å². The Morgan fingerprint density at radius 1 is 0.607 bits per heavy atom. The highest BCUT2D eigenvalue weighted by Gasteiger charge is 2.15. The first-order chi connectivity index (χ1) is 13.7. The van der Waals surface area contributed by atoms with Crippen LogP contribution in [0.1, 0.15) is 11.1 Å². The molecule has 0 atom stereocenters. The molecular formula is C24H34N4. The molecular weight excluding hydrogens is 344 g/mol. The molecule has 0 saturated heterocycles. The number of fused-ring (bicyclic) bond motifs is 2. The van der Waals surface area contributed by atoms with Gasteiger partial charge in [-0.3, -0.25) is 0 Å². The molecule has 0 radical (unpaired) electrons. The van der Waals surface area contributed by atoms with Gasteiger partial charge in [0.2, 0.25) is 0 Å². The second kappa shape index (κ2) is 9.99. The van der Waals surface area contributed by atoms with Crippen LogP contribution >= 0.6 is 0 Å². The fraction of sp³-hybridized carbons (Fsp3) is 0.417. The molecule has 28 heavy (non-hydrogen) atoms. The summed E-state index contributed by atoms with van der Waals surface area (Å²) in [5, 5.41) is 12.0. The lowest BCUT2D eigenvalue weighted by Crippen LogP contribution is -2.28. The van der Waals surface area contributed by atoms with Gasteiger partial charge in [-0.25, -0.2) is 0 Å². The van der Waals surface area contributed by atoms with Crippen molar-refractivity contribution in [1.82, 2.24) is 20.4 Å². The Morgan fingerprint density at radius 2 is 0.929 bits per heavy atom. The van der Waals surface area contributed by atoms with Crippen molar-refractivity contribution >= 4 is 21.5 Å². The van der Waals surface area contributed by atoms with E-state index in [0.717, 1.165) is 39.3 Å². The molecule has 0 spiro atoms. The molecule has 0 aromatic heterocycles. The molecule has 0 unspecified atom stereocenters. The standard InChI is InChI=1S/C24H34N4/c1-25-13-15-27(3)17-23-19-9-5-7-11-21(19)24(18-28(4)16-14-26-2)22-12-8-6-10-20(22)23/h5-12,25-26H,13-18H2,1-4H3. The van der Waals surface area contributed by atoms with Gasteiger partial charge in [-0.05, 0) is 60.9 Å². The van der Waals surface area contributed by atoms with Gasteiger partial charge >= 0.3 is 0 Å².